The average molecular weight is 356 g/mol. The zero-order chi connectivity index (χ0) is 18.4. The number of esters is 1. The van der Waals surface area contributed by atoms with Gasteiger partial charge in [-0.15, -0.1) is 0 Å². The van der Waals surface area contributed by atoms with E-state index in [4.69, 9.17) is 18.9 Å². The fourth-order valence-corrected chi connectivity index (χ4v) is 2.73. The fourth-order valence-electron chi connectivity index (χ4n) is 2.73. The van der Waals surface area contributed by atoms with Crippen LogP contribution < -0.4 is 9.47 Å². The van der Waals surface area contributed by atoms with Gasteiger partial charge in [0.05, 0.1) is 6.61 Å². The van der Waals surface area contributed by atoms with E-state index in [1.54, 1.807) is 6.92 Å². The highest BCUT2D eigenvalue weighted by Crippen LogP contribution is 2.31. The Hall–Kier alpha value is -2.53. The molecule has 2 aromatic rings. The molecule has 0 aliphatic carbocycles. The molecule has 5 heteroatoms. The predicted octanol–water partition coefficient (Wildman–Crippen LogP) is 4.08. The third-order valence-electron chi connectivity index (χ3n) is 4.12. The van der Waals surface area contributed by atoms with Crippen molar-refractivity contribution < 1.29 is 23.7 Å². The lowest BCUT2D eigenvalue weighted by Crippen LogP contribution is -2.38. The number of para-hydroxylation sites is 2. The van der Waals surface area contributed by atoms with Gasteiger partial charge in [-0.2, -0.15) is 0 Å². The Bertz CT molecular complexity index is 695. The van der Waals surface area contributed by atoms with E-state index in [-0.39, 0.29) is 0 Å². The van der Waals surface area contributed by atoms with Crippen LogP contribution in [-0.2, 0) is 20.7 Å². The molecule has 26 heavy (non-hydrogen) atoms. The average Bonchev–Trinajstić information content (AvgIpc) is 2.62. The number of hydrogen-bond acceptors (Lipinski definition) is 5. The van der Waals surface area contributed by atoms with E-state index < -0.39 is 18.5 Å². The summed E-state index contributed by atoms with van der Waals surface area (Å²) >= 11 is 0. The van der Waals surface area contributed by atoms with Crippen molar-refractivity contribution in [2.45, 2.75) is 45.7 Å². The Balaban J connectivity index is 1.78. The van der Waals surface area contributed by atoms with Crippen LogP contribution in [0.1, 0.15) is 37.8 Å². The Morgan fingerprint density at radius 2 is 1.65 bits per heavy atom. The molecule has 0 amide bonds. The molecule has 0 N–H and O–H groups in total. The van der Waals surface area contributed by atoms with Gasteiger partial charge < -0.3 is 18.9 Å². The Labute approximate surface area is 153 Å². The van der Waals surface area contributed by atoms with Crippen molar-refractivity contribution >= 4 is 5.97 Å². The smallest absolute Gasteiger partial charge is 0.391 e. The molecule has 3 rings (SSSR count). The number of unbranched alkanes of at least 4 members (excludes halogenated alkanes) is 1. The molecule has 0 bridgehead atoms. The van der Waals surface area contributed by atoms with Gasteiger partial charge in [-0.3, -0.25) is 0 Å². The maximum atomic E-state index is 12.6. The lowest BCUT2D eigenvalue weighted by molar-refractivity contribution is -0.194. The molecule has 1 atom stereocenters. The quantitative estimate of drug-likeness (QED) is 0.443. The van der Waals surface area contributed by atoms with E-state index in [9.17, 15) is 4.79 Å². The van der Waals surface area contributed by atoms with Crippen LogP contribution in [0.2, 0.25) is 0 Å². The number of ether oxygens (including phenoxy) is 4. The van der Waals surface area contributed by atoms with E-state index >= 15 is 0 Å². The molecular weight excluding hydrogens is 332 g/mol. The molecule has 0 fully saturated rings. The van der Waals surface area contributed by atoms with Gasteiger partial charge in [0.15, 0.2) is 6.29 Å². The van der Waals surface area contributed by atoms with Crippen molar-refractivity contribution in [1.29, 1.82) is 0 Å². The Kier molecular flexibility index (Phi) is 6.12. The highest BCUT2D eigenvalue weighted by Gasteiger charge is 2.29. The fraction of sp³-hybridized carbons (Fsp3) is 0.381. The number of carbonyl (C=O) groups excluding carboxylic acids is 1. The highest BCUT2D eigenvalue weighted by atomic mass is 16.7. The van der Waals surface area contributed by atoms with E-state index in [0.29, 0.717) is 24.5 Å². The number of fused-ring (bicyclic) bond motifs is 2. The Morgan fingerprint density at radius 1 is 1.08 bits per heavy atom. The van der Waals surface area contributed by atoms with Crippen molar-refractivity contribution in [2.24, 2.45) is 0 Å². The number of hydrogen-bond donors (Lipinski definition) is 0. The highest BCUT2D eigenvalue weighted by molar-refractivity contribution is 5.74. The molecular formula is C21H24O5. The van der Waals surface area contributed by atoms with Crippen LogP contribution in [0.15, 0.2) is 48.5 Å². The van der Waals surface area contributed by atoms with Crippen LogP contribution in [0, 0.1) is 0 Å². The van der Waals surface area contributed by atoms with E-state index in [1.807, 2.05) is 48.5 Å². The summed E-state index contributed by atoms with van der Waals surface area (Å²) in [6.45, 7) is 4.31. The minimum Gasteiger partial charge on any atom is -0.445 e. The normalized spacial score (nSPS) is 14.7. The summed E-state index contributed by atoms with van der Waals surface area (Å²) in [6, 6.07) is 15.2. The minimum absolute atomic E-state index is 0.545. The van der Waals surface area contributed by atoms with Crippen LogP contribution >= 0.6 is 0 Å². The van der Waals surface area contributed by atoms with Crippen LogP contribution in [-0.4, -0.2) is 25.2 Å². The van der Waals surface area contributed by atoms with Gasteiger partial charge in [0.25, 0.3) is 0 Å². The molecule has 0 radical (unpaired) electrons. The van der Waals surface area contributed by atoms with Crippen LogP contribution in [0.3, 0.4) is 0 Å². The lowest BCUT2D eigenvalue weighted by Gasteiger charge is -2.25. The van der Waals surface area contributed by atoms with Gasteiger partial charge in [0.2, 0.25) is 0 Å². The third kappa shape index (κ3) is 4.55. The lowest BCUT2D eigenvalue weighted by atomic mass is 10.0. The largest absolute Gasteiger partial charge is 0.445 e. The topological polar surface area (TPSA) is 54.0 Å². The molecule has 1 aliphatic heterocycles. The van der Waals surface area contributed by atoms with E-state index in [2.05, 4.69) is 6.92 Å². The SMILES string of the molecule is CCCCOC(C)OC(=O)C1Oc2ccccc2Cc2ccccc2O1. The van der Waals surface area contributed by atoms with Crippen molar-refractivity contribution in [1.82, 2.24) is 0 Å². The number of rotatable bonds is 6. The zero-order valence-corrected chi connectivity index (χ0v) is 15.1. The number of benzene rings is 2. The summed E-state index contributed by atoms with van der Waals surface area (Å²) in [4.78, 5) is 12.6. The molecule has 5 nitrogen and oxygen atoms in total. The molecule has 0 spiro atoms. The second-order valence-corrected chi connectivity index (χ2v) is 6.19. The first-order valence-electron chi connectivity index (χ1n) is 8.98. The molecule has 0 saturated carbocycles. The van der Waals surface area contributed by atoms with Gasteiger partial charge in [0.1, 0.15) is 11.5 Å². The molecule has 138 valence electrons. The predicted molar refractivity (Wildman–Crippen MR) is 97.1 cm³/mol. The Morgan fingerprint density at radius 3 is 2.23 bits per heavy atom. The molecule has 1 heterocycles. The van der Waals surface area contributed by atoms with Crippen molar-refractivity contribution in [2.75, 3.05) is 6.61 Å². The van der Waals surface area contributed by atoms with Crippen LogP contribution in [0.5, 0.6) is 11.5 Å². The molecule has 0 saturated heterocycles. The van der Waals surface area contributed by atoms with Gasteiger partial charge in [0, 0.05) is 6.42 Å². The maximum Gasteiger partial charge on any atom is 0.391 e. The van der Waals surface area contributed by atoms with Gasteiger partial charge in [-0.25, -0.2) is 4.79 Å². The van der Waals surface area contributed by atoms with Gasteiger partial charge >= 0.3 is 12.3 Å². The number of carbonyl (C=O) groups is 1. The standard InChI is InChI=1S/C21H24O5/c1-3-4-13-23-15(2)24-20(22)21-25-18-11-7-5-9-16(18)14-17-10-6-8-12-19(17)26-21/h5-12,15,21H,3-4,13-14H2,1-2H3. The zero-order valence-electron chi connectivity index (χ0n) is 15.1. The second-order valence-electron chi connectivity index (χ2n) is 6.19. The first-order valence-corrected chi connectivity index (χ1v) is 8.98. The second kappa shape index (κ2) is 8.72. The first kappa shape index (κ1) is 18.3. The minimum atomic E-state index is -1.19. The molecule has 1 aliphatic rings. The van der Waals surface area contributed by atoms with Gasteiger partial charge in [-0.1, -0.05) is 49.7 Å². The van der Waals surface area contributed by atoms with Crippen LogP contribution in [0.4, 0.5) is 0 Å². The van der Waals surface area contributed by atoms with E-state index in [0.717, 1.165) is 24.0 Å². The molecule has 2 aromatic carbocycles. The molecule has 0 aromatic heterocycles. The van der Waals surface area contributed by atoms with E-state index in [1.165, 1.54) is 0 Å². The van der Waals surface area contributed by atoms with Crippen molar-refractivity contribution in [3.8, 4) is 11.5 Å². The summed E-state index contributed by atoms with van der Waals surface area (Å²) in [7, 11) is 0. The summed E-state index contributed by atoms with van der Waals surface area (Å²) < 4.78 is 22.5. The third-order valence-corrected chi connectivity index (χ3v) is 4.12. The summed E-state index contributed by atoms with van der Waals surface area (Å²) in [5, 5.41) is 0. The van der Waals surface area contributed by atoms with Crippen molar-refractivity contribution in [3.05, 3.63) is 59.7 Å². The van der Waals surface area contributed by atoms with Crippen molar-refractivity contribution in [3.63, 3.8) is 0 Å². The van der Waals surface area contributed by atoms with Gasteiger partial charge in [-0.05, 0) is 36.6 Å². The monoisotopic (exact) mass is 356 g/mol. The molecule has 1 unspecified atom stereocenters. The first-order chi connectivity index (χ1) is 12.7. The summed E-state index contributed by atoms with van der Waals surface area (Å²) in [5.41, 5.74) is 1.99. The summed E-state index contributed by atoms with van der Waals surface area (Å²) in [6.07, 6.45) is 0.763. The van der Waals surface area contributed by atoms with Crippen LogP contribution in [0.25, 0.3) is 0 Å². The summed E-state index contributed by atoms with van der Waals surface area (Å²) in [5.74, 6) is 0.618. The maximum absolute atomic E-state index is 12.6.